The molecule has 0 aromatic rings. The van der Waals surface area contributed by atoms with E-state index in [1.54, 1.807) is 0 Å². The zero-order chi connectivity index (χ0) is 11.5. The van der Waals surface area contributed by atoms with Gasteiger partial charge in [0, 0.05) is 12.6 Å². The lowest BCUT2D eigenvalue weighted by Gasteiger charge is -2.40. The Hall–Kier alpha value is -0.570. The molecule has 1 N–H and O–H groups in total. The Morgan fingerprint density at radius 2 is 1.88 bits per heavy atom. The van der Waals surface area contributed by atoms with Crippen LogP contribution < -0.4 is 0 Å². The molecule has 1 saturated heterocycles. The first kappa shape index (κ1) is 11.9. The Morgan fingerprint density at radius 3 is 2.44 bits per heavy atom. The summed E-state index contributed by atoms with van der Waals surface area (Å²) in [5, 5.41) is 8.96. The van der Waals surface area contributed by atoms with Crippen molar-refractivity contribution < 1.29 is 9.90 Å². The summed E-state index contributed by atoms with van der Waals surface area (Å²) in [6.45, 7) is 4.78. The number of hydrogen-bond acceptors (Lipinski definition) is 2. The minimum Gasteiger partial charge on any atom is -0.481 e. The van der Waals surface area contributed by atoms with E-state index in [1.807, 2.05) is 0 Å². The topological polar surface area (TPSA) is 40.5 Å². The van der Waals surface area contributed by atoms with Gasteiger partial charge in [0.15, 0.2) is 0 Å². The van der Waals surface area contributed by atoms with E-state index in [0.29, 0.717) is 6.04 Å². The molecule has 0 aromatic heterocycles. The molecule has 2 rings (SSSR count). The fourth-order valence-electron chi connectivity index (χ4n) is 3.25. The van der Waals surface area contributed by atoms with Crippen molar-refractivity contribution in [3.63, 3.8) is 0 Å². The largest absolute Gasteiger partial charge is 0.481 e. The summed E-state index contributed by atoms with van der Waals surface area (Å²) in [5.74, 6) is 0.162. The van der Waals surface area contributed by atoms with E-state index in [1.165, 1.54) is 25.9 Å². The number of carboxylic acids is 1. The van der Waals surface area contributed by atoms with Gasteiger partial charge in [-0.15, -0.1) is 0 Å². The molecular weight excluding hydrogens is 202 g/mol. The Labute approximate surface area is 97.8 Å². The van der Waals surface area contributed by atoms with Gasteiger partial charge in [-0.1, -0.05) is 6.92 Å². The summed E-state index contributed by atoms with van der Waals surface area (Å²) in [6, 6.07) is 0.665. The second-order valence-corrected chi connectivity index (χ2v) is 5.59. The lowest BCUT2D eigenvalue weighted by Crippen LogP contribution is -2.44. The van der Waals surface area contributed by atoms with E-state index in [0.717, 1.165) is 31.6 Å². The average molecular weight is 225 g/mol. The minimum atomic E-state index is -0.592. The maximum Gasteiger partial charge on any atom is 0.306 e. The number of nitrogens with zero attached hydrogens (tertiary/aromatic N) is 1. The van der Waals surface area contributed by atoms with Crippen molar-refractivity contribution in [2.75, 3.05) is 13.1 Å². The first-order valence-corrected chi connectivity index (χ1v) is 6.63. The highest BCUT2D eigenvalue weighted by molar-refractivity contribution is 5.70. The highest BCUT2D eigenvalue weighted by atomic mass is 16.4. The lowest BCUT2D eigenvalue weighted by atomic mass is 9.84. The van der Waals surface area contributed by atoms with Crippen LogP contribution in [0, 0.1) is 11.8 Å². The van der Waals surface area contributed by atoms with Crippen molar-refractivity contribution in [3.05, 3.63) is 0 Å². The van der Waals surface area contributed by atoms with Crippen LogP contribution in [0.5, 0.6) is 0 Å². The number of rotatable bonds is 2. The van der Waals surface area contributed by atoms with Gasteiger partial charge in [0.2, 0.25) is 0 Å². The van der Waals surface area contributed by atoms with Gasteiger partial charge in [-0.25, -0.2) is 0 Å². The van der Waals surface area contributed by atoms with Crippen LogP contribution in [0.25, 0.3) is 0 Å². The van der Waals surface area contributed by atoms with Crippen LogP contribution in [0.4, 0.5) is 0 Å². The second kappa shape index (κ2) is 5.17. The fourth-order valence-corrected chi connectivity index (χ4v) is 3.25. The second-order valence-electron chi connectivity index (χ2n) is 5.59. The van der Waals surface area contributed by atoms with Crippen molar-refractivity contribution in [1.29, 1.82) is 0 Å². The summed E-state index contributed by atoms with van der Waals surface area (Å²) in [4.78, 5) is 13.5. The molecule has 1 unspecified atom stereocenters. The summed E-state index contributed by atoms with van der Waals surface area (Å²) in [7, 11) is 0. The van der Waals surface area contributed by atoms with Crippen LogP contribution in [-0.4, -0.2) is 35.1 Å². The average Bonchev–Trinajstić information content (AvgIpc) is 2.29. The third-order valence-electron chi connectivity index (χ3n) is 4.25. The van der Waals surface area contributed by atoms with E-state index in [2.05, 4.69) is 11.8 Å². The third kappa shape index (κ3) is 2.76. The number of carbonyl (C=O) groups is 1. The van der Waals surface area contributed by atoms with Gasteiger partial charge < -0.3 is 10.0 Å². The number of aliphatic carboxylic acids is 1. The molecule has 3 heteroatoms. The maximum atomic E-state index is 10.9. The monoisotopic (exact) mass is 225 g/mol. The molecule has 1 atom stereocenters. The zero-order valence-electron chi connectivity index (χ0n) is 10.2. The predicted octanol–water partition coefficient (Wildman–Crippen LogP) is 2.36. The number of likely N-dealkylation sites (tertiary alicyclic amines) is 1. The molecule has 1 aliphatic heterocycles. The molecule has 0 radical (unpaired) electrons. The highest BCUT2D eigenvalue weighted by Crippen LogP contribution is 2.30. The van der Waals surface area contributed by atoms with Gasteiger partial charge in [-0.3, -0.25) is 4.79 Å². The molecule has 2 aliphatic rings. The van der Waals surface area contributed by atoms with Crippen molar-refractivity contribution in [1.82, 2.24) is 4.90 Å². The SMILES string of the molecule is CC1CCCN(C2CCC(C(=O)O)CC2)C1. The molecular formula is C13H23NO2. The first-order chi connectivity index (χ1) is 7.66. The molecule has 1 aliphatic carbocycles. The summed E-state index contributed by atoms with van der Waals surface area (Å²) in [6.07, 6.45) is 6.62. The van der Waals surface area contributed by atoms with Crippen LogP contribution in [0.15, 0.2) is 0 Å². The summed E-state index contributed by atoms with van der Waals surface area (Å²) in [5.41, 5.74) is 0. The molecule has 0 spiro atoms. The van der Waals surface area contributed by atoms with Gasteiger partial charge in [0.1, 0.15) is 0 Å². The highest BCUT2D eigenvalue weighted by Gasteiger charge is 2.30. The molecule has 0 aromatic carbocycles. The molecule has 0 amide bonds. The first-order valence-electron chi connectivity index (χ1n) is 6.63. The van der Waals surface area contributed by atoms with E-state index in [9.17, 15) is 4.79 Å². The molecule has 3 nitrogen and oxygen atoms in total. The van der Waals surface area contributed by atoms with Gasteiger partial charge in [0.05, 0.1) is 5.92 Å². The Morgan fingerprint density at radius 1 is 1.19 bits per heavy atom. The molecule has 0 bridgehead atoms. The van der Waals surface area contributed by atoms with Crippen LogP contribution >= 0.6 is 0 Å². The number of piperidine rings is 1. The Bertz CT molecular complexity index is 246. The van der Waals surface area contributed by atoms with E-state index < -0.39 is 5.97 Å². The third-order valence-corrected chi connectivity index (χ3v) is 4.25. The molecule has 2 fully saturated rings. The zero-order valence-corrected chi connectivity index (χ0v) is 10.2. The van der Waals surface area contributed by atoms with Crippen LogP contribution in [0.1, 0.15) is 45.4 Å². The van der Waals surface area contributed by atoms with Crippen molar-refractivity contribution in [2.45, 2.75) is 51.5 Å². The molecule has 16 heavy (non-hydrogen) atoms. The van der Waals surface area contributed by atoms with Gasteiger partial charge in [-0.05, 0) is 51.0 Å². The van der Waals surface area contributed by atoms with Crippen molar-refractivity contribution in [3.8, 4) is 0 Å². The Balaban J connectivity index is 1.81. The van der Waals surface area contributed by atoms with Gasteiger partial charge in [-0.2, -0.15) is 0 Å². The standard InChI is InChI=1S/C13H23NO2/c1-10-3-2-8-14(9-10)12-6-4-11(5-7-12)13(15)16/h10-12H,2-9H2,1H3,(H,15,16). The van der Waals surface area contributed by atoms with E-state index in [-0.39, 0.29) is 5.92 Å². The molecule has 1 saturated carbocycles. The van der Waals surface area contributed by atoms with Crippen LogP contribution in [-0.2, 0) is 4.79 Å². The van der Waals surface area contributed by atoms with Gasteiger partial charge >= 0.3 is 5.97 Å². The molecule has 92 valence electrons. The fraction of sp³-hybridized carbons (Fsp3) is 0.923. The minimum absolute atomic E-state index is 0.0709. The maximum absolute atomic E-state index is 10.9. The lowest BCUT2D eigenvalue weighted by molar-refractivity contribution is -0.143. The smallest absolute Gasteiger partial charge is 0.306 e. The molecule has 1 heterocycles. The van der Waals surface area contributed by atoms with Crippen LogP contribution in [0.3, 0.4) is 0 Å². The quantitative estimate of drug-likeness (QED) is 0.784. The predicted molar refractivity (Wildman–Crippen MR) is 63.4 cm³/mol. The van der Waals surface area contributed by atoms with Crippen molar-refractivity contribution >= 4 is 5.97 Å². The Kier molecular flexibility index (Phi) is 3.85. The summed E-state index contributed by atoms with van der Waals surface area (Å²) >= 11 is 0. The number of hydrogen-bond donors (Lipinski definition) is 1. The van der Waals surface area contributed by atoms with Crippen LogP contribution in [0.2, 0.25) is 0 Å². The summed E-state index contributed by atoms with van der Waals surface area (Å²) < 4.78 is 0. The van der Waals surface area contributed by atoms with Crippen molar-refractivity contribution in [2.24, 2.45) is 11.8 Å². The van der Waals surface area contributed by atoms with Gasteiger partial charge in [0.25, 0.3) is 0 Å². The van der Waals surface area contributed by atoms with E-state index in [4.69, 9.17) is 5.11 Å². The normalized spacial score (nSPS) is 37.2. The van der Waals surface area contributed by atoms with E-state index >= 15 is 0 Å². The number of carboxylic acid groups (broad SMARTS) is 1.